The van der Waals surface area contributed by atoms with Gasteiger partial charge in [-0.25, -0.2) is 0 Å². The molecule has 46 heavy (non-hydrogen) atoms. The predicted molar refractivity (Wildman–Crippen MR) is 200 cm³/mol. The largest absolute Gasteiger partial charge is 0.333 e. The summed E-state index contributed by atoms with van der Waals surface area (Å²) in [6.45, 7) is 6.96. The van der Waals surface area contributed by atoms with Crippen molar-refractivity contribution in [1.82, 2.24) is 0 Å². The highest BCUT2D eigenvalue weighted by Gasteiger charge is 2.53. The van der Waals surface area contributed by atoms with Crippen LogP contribution in [0.1, 0.15) is 157 Å². The standard InChI is InChI=1S/C45H59N/c1-4-7-10-12-14-20-31-45(32-21-15-13-11-8-5-2)41-33-36-23-17-19-26-40(36)44(41)46(38-29-27-35(28-30-38)22-9-6-3)42-34-37-24-16-18-25-39(37)43(42)45/h16-19,23-30,33,44H,4-15,20-22,31-32,34H2,1-3H3. The van der Waals surface area contributed by atoms with Gasteiger partial charge in [0.2, 0.25) is 0 Å². The average molecular weight is 614 g/mol. The molecule has 0 aromatic heterocycles. The summed E-state index contributed by atoms with van der Waals surface area (Å²) in [4.78, 5) is 2.79. The Morgan fingerprint density at radius 3 is 1.93 bits per heavy atom. The van der Waals surface area contributed by atoms with Gasteiger partial charge in [0, 0.05) is 23.2 Å². The van der Waals surface area contributed by atoms with Crippen molar-refractivity contribution in [3.05, 3.63) is 112 Å². The average Bonchev–Trinajstić information content (AvgIpc) is 3.67. The zero-order valence-electron chi connectivity index (χ0n) is 29.3. The maximum Gasteiger partial charge on any atom is 0.0819 e. The van der Waals surface area contributed by atoms with Gasteiger partial charge in [0.25, 0.3) is 0 Å². The van der Waals surface area contributed by atoms with E-state index in [1.165, 1.54) is 143 Å². The van der Waals surface area contributed by atoms with Crippen molar-refractivity contribution in [2.75, 3.05) is 4.90 Å². The zero-order chi connectivity index (χ0) is 31.8. The van der Waals surface area contributed by atoms with Crippen LogP contribution < -0.4 is 4.90 Å². The van der Waals surface area contributed by atoms with Crippen LogP contribution in [-0.2, 0) is 12.8 Å². The first kappa shape index (κ1) is 32.9. The van der Waals surface area contributed by atoms with Gasteiger partial charge in [-0.2, -0.15) is 0 Å². The molecule has 1 heteroatoms. The van der Waals surface area contributed by atoms with E-state index in [9.17, 15) is 0 Å². The number of hydrogen-bond acceptors (Lipinski definition) is 1. The van der Waals surface area contributed by atoms with E-state index in [0.29, 0.717) is 0 Å². The fraction of sp³-hybridized carbons (Fsp3) is 0.511. The molecule has 0 fully saturated rings. The van der Waals surface area contributed by atoms with Crippen molar-refractivity contribution in [3.8, 4) is 0 Å². The van der Waals surface area contributed by atoms with Crippen LogP contribution >= 0.6 is 0 Å². The zero-order valence-corrected chi connectivity index (χ0v) is 29.3. The molecule has 1 aliphatic heterocycles. The first-order valence-electron chi connectivity index (χ1n) is 19.2. The van der Waals surface area contributed by atoms with Gasteiger partial charge in [-0.05, 0) is 76.8 Å². The van der Waals surface area contributed by atoms with E-state index < -0.39 is 0 Å². The highest BCUT2D eigenvalue weighted by atomic mass is 15.2. The molecule has 3 aliphatic rings. The molecule has 0 saturated heterocycles. The van der Waals surface area contributed by atoms with Crippen molar-refractivity contribution in [3.63, 3.8) is 0 Å². The normalized spacial score (nSPS) is 17.5. The number of hydrogen-bond donors (Lipinski definition) is 0. The van der Waals surface area contributed by atoms with Gasteiger partial charge in [-0.3, -0.25) is 0 Å². The SMILES string of the molecule is CCCCCCCCC1(CCCCCCCC)C2=Cc3ccccc3C2N(c2ccc(CCCC)cc2)C2=C1c1ccccc1C2. The lowest BCUT2D eigenvalue weighted by atomic mass is 9.61. The molecule has 3 aromatic carbocycles. The Bertz CT molecular complexity index is 1470. The van der Waals surface area contributed by atoms with E-state index in [2.05, 4.69) is 105 Å². The van der Waals surface area contributed by atoms with Gasteiger partial charge in [0.15, 0.2) is 0 Å². The molecule has 2 aliphatic carbocycles. The second-order valence-electron chi connectivity index (χ2n) is 14.5. The highest BCUT2D eigenvalue weighted by Crippen LogP contribution is 2.65. The monoisotopic (exact) mass is 613 g/mol. The number of allylic oxidation sites excluding steroid dienone is 2. The summed E-state index contributed by atoms with van der Waals surface area (Å²) in [5.41, 5.74) is 13.9. The molecule has 3 aromatic rings. The lowest BCUT2D eigenvalue weighted by molar-refractivity contribution is 0.340. The fourth-order valence-electron chi connectivity index (χ4n) is 8.95. The molecular formula is C45H59N. The smallest absolute Gasteiger partial charge is 0.0819 e. The number of unbranched alkanes of at least 4 members (excludes halogenated alkanes) is 11. The number of anilines is 1. The Morgan fingerprint density at radius 1 is 0.630 bits per heavy atom. The Hall–Kier alpha value is -3.06. The van der Waals surface area contributed by atoms with Crippen molar-refractivity contribution in [2.45, 2.75) is 142 Å². The van der Waals surface area contributed by atoms with Crippen LogP contribution in [0.15, 0.2) is 84.1 Å². The summed E-state index contributed by atoms with van der Waals surface area (Å²) >= 11 is 0. The van der Waals surface area contributed by atoms with Crippen LogP contribution in [0.5, 0.6) is 0 Å². The highest BCUT2D eigenvalue weighted by molar-refractivity contribution is 5.91. The van der Waals surface area contributed by atoms with E-state index in [1.54, 1.807) is 16.8 Å². The Labute approximate surface area is 281 Å². The molecule has 0 spiro atoms. The molecule has 6 rings (SSSR count). The molecule has 0 radical (unpaired) electrons. The molecule has 1 unspecified atom stereocenters. The van der Waals surface area contributed by atoms with Gasteiger partial charge < -0.3 is 4.90 Å². The third-order valence-corrected chi connectivity index (χ3v) is 11.4. The van der Waals surface area contributed by atoms with Crippen molar-refractivity contribution < 1.29 is 0 Å². The third kappa shape index (κ3) is 6.67. The fourth-order valence-corrected chi connectivity index (χ4v) is 8.95. The van der Waals surface area contributed by atoms with E-state index in [-0.39, 0.29) is 11.5 Å². The number of benzene rings is 3. The number of aryl methyl sites for hydroxylation is 1. The lowest BCUT2D eigenvalue weighted by Crippen LogP contribution is -2.41. The van der Waals surface area contributed by atoms with Gasteiger partial charge in [-0.1, -0.05) is 171 Å². The van der Waals surface area contributed by atoms with Gasteiger partial charge >= 0.3 is 0 Å². The van der Waals surface area contributed by atoms with Gasteiger partial charge in [0.1, 0.15) is 0 Å². The molecule has 1 heterocycles. The molecule has 0 bridgehead atoms. The predicted octanol–water partition coefficient (Wildman–Crippen LogP) is 13.4. The Morgan fingerprint density at radius 2 is 1.24 bits per heavy atom. The second kappa shape index (κ2) is 15.7. The minimum Gasteiger partial charge on any atom is -0.333 e. The van der Waals surface area contributed by atoms with E-state index in [1.807, 2.05) is 0 Å². The molecule has 1 nitrogen and oxygen atoms in total. The minimum absolute atomic E-state index is 0.0959. The van der Waals surface area contributed by atoms with Gasteiger partial charge in [0.05, 0.1) is 6.04 Å². The number of rotatable bonds is 18. The van der Waals surface area contributed by atoms with Crippen LogP contribution in [0.2, 0.25) is 0 Å². The quantitative estimate of drug-likeness (QED) is 0.129. The lowest BCUT2D eigenvalue weighted by Gasteiger charge is -2.50. The topological polar surface area (TPSA) is 3.24 Å². The van der Waals surface area contributed by atoms with E-state index >= 15 is 0 Å². The molecule has 1 atom stereocenters. The van der Waals surface area contributed by atoms with E-state index in [0.717, 1.165) is 6.42 Å². The summed E-state index contributed by atoms with van der Waals surface area (Å²) in [6.07, 6.45) is 26.2. The van der Waals surface area contributed by atoms with Crippen LogP contribution in [0, 0.1) is 5.41 Å². The Kier molecular flexibility index (Phi) is 11.2. The van der Waals surface area contributed by atoms with E-state index in [4.69, 9.17) is 0 Å². The molecule has 0 saturated carbocycles. The second-order valence-corrected chi connectivity index (χ2v) is 14.5. The number of fused-ring (bicyclic) bond motifs is 5. The van der Waals surface area contributed by atoms with Crippen molar-refractivity contribution in [2.24, 2.45) is 5.41 Å². The molecule has 0 N–H and O–H groups in total. The number of nitrogens with zero attached hydrogens (tertiary/aromatic N) is 1. The third-order valence-electron chi connectivity index (χ3n) is 11.4. The first-order chi connectivity index (χ1) is 22.7. The maximum absolute atomic E-state index is 2.79. The molecule has 0 amide bonds. The maximum atomic E-state index is 2.79. The Balaban J connectivity index is 1.46. The van der Waals surface area contributed by atoms with Crippen LogP contribution in [0.25, 0.3) is 11.6 Å². The summed E-state index contributed by atoms with van der Waals surface area (Å²) in [5, 5.41) is 0. The minimum atomic E-state index is 0.0959. The first-order valence-corrected chi connectivity index (χ1v) is 19.2. The summed E-state index contributed by atoms with van der Waals surface area (Å²) in [5.74, 6) is 0. The van der Waals surface area contributed by atoms with Crippen molar-refractivity contribution >= 4 is 17.3 Å². The van der Waals surface area contributed by atoms with Crippen LogP contribution in [-0.4, -0.2) is 0 Å². The molecule has 244 valence electrons. The van der Waals surface area contributed by atoms with Gasteiger partial charge in [-0.15, -0.1) is 0 Å². The summed E-state index contributed by atoms with van der Waals surface area (Å²) in [7, 11) is 0. The summed E-state index contributed by atoms with van der Waals surface area (Å²) < 4.78 is 0. The van der Waals surface area contributed by atoms with Crippen LogP contribution in [0.3, 0.4) is 0 Å². The van der Waals surface area contributed by atoms with Crippen molar-refractivity contribution in [1.29, 1.82) is 0 Å². The summed E-state index contributed by atoms with van der Waals surface area (Å²) in [6, 6.07) is 28.8. The molecular weight excluding hydrogens is 555 g/mol. The van der Waals surface area contributed by atoms with Crippen LogP contribution in [0.4, 0.5) is 5.69 Å².